The van der Waals surface area contributed by atoms with E-state index < -0.39 is 28.5 Å². The van der Waals surface area contributed by atoms with Crippen molar-refractivity contribution in [2.75, 3.05) is 6.54 Å². The zero-order valence-electron chi connectivity index (χ0n) is 12.7. The maximum absolute atomic E-state index is 12.4. The standard InChI is InChI=1S/C14H17N3O6S/c18-13(15-8-10-4-2-1-3-5-10)12-7-6-11-9-16(12)14(19)17(11)23-24(20,21)22/h1-5,11-12H,6-9H2,(H,15,18)(H,20,21,22)/t11-,12+/m0/s1. The first-order chi connectivity index (χ1) is 11.3. The van der Waals surface area contributed by atoms with Crippen LogP contribution in [0.3, 0.4) is 0 Å². The summed E-state index contributed by atoms with van der Waals surface area (Å²) < 4.78 is 34.8. The fourth-order valence-corrected chi connectivity index (χ4v) is 3.40. The van der Waals surface area contributed by atoms with Gasteiger partial charge in [-0.1, -0.05) is 30.3 Å². The summed E-state index contributed by atoms with van der Waals surface area (Å²) >= 11 is 0. The third kappa shape index (κ3) is 3.50. The summed E-state index contributed by atoms with van der Waals surface area (Å²) in [5.41, 5.74) is 0.934. The summed E-state index contributed by atoms with van der Waals surface area (Å²) in [4.78, 5) is 25.9. The van der Waals surface area contributed by atoms with Crippen molar-refractivity contribution in [3.05, 3.63) is 35.9 Å². The molecule has 9 nitrogen and oxygen atoms in total. The van der Waals surface area contributed by atoms with Gasteiger partial charge in [0.15, 0.2) is 0 Å². The maximum Gasteiger partial charge on any atom is 0.418 e. The number of hydroxylamine groups is 2. The molecule has 0 aliphatic carbocycles. The van der Waals surface area contributed by atoms with Crippen LogP contribution in [0, 0.1) is 0 Å². The minimum atomic E-state index is -4.79. The monoisotopic (exact) mass is 355 g/mol. The lowest BCUT2D eigenvalue weighted by Gasteiger charge is -2.29. The molecule has 0 spiro atoms. The second kappa shape index (κ2) is 6.38. The first-order valence-corrected chi connectivity index (χ1v) is 8.80. The maximum atomic E-state index is 12.4. The molecule has 2 bridgehead atoms. The smallest absolute Gasteiger partial charge is 0.350 e. The molecule has 2 N–H and O–H groups in total. The van der Waals surface area contributed by atoms with Gasteiger partial charge in [-0.25, -0.2) is 4.79 Å². The number of amides is 3. The second-order valence-corrected chi connectivity index (χ2v) is 6.72. The number of benzene rings is 1. The zero-order valence-corrected chi connectivity index (χ0v) is 13.5. The molecule has 0 aromatic heterocycles. The Morgan fingerprint density at radius 1 is 1.29 bits per heavy atom. The number of fused-ring (bicyclic) bond motifs is 2. The number of hydrogen-bond acceptors (Lipinski definition) is 5. The summed E-state index contributed by atoms with van der Waals surface area (Å²) in [6, 6.07) is 7.42. The van der Waals surface area contributed by atoms with Crippen molar-refractivity contribution in [3.8, 4) is 0 Å². The lowest BCUT2D eigenvalue weighted by atomic mass is 10.0. The SMILES string of the molecule is O=C(NCc1ccccc1)[C@H]1CC[C@H]2CN1C(=O)N2OS(=O)(=O)O. The van der Waals surface area contributed by atoms with E-state index >= 15 is 0 Å². The van der Waals surface area contributed by atoms with E-state index in [4.69, 9.17) is 4.55 Å². The largest absolute Gasteiger partial charge is 0.418 e. The second-order valence-electron chi connectivity index (χ2n) is 5.71. The molecular formula is C14H17N3O6S. The van der Waals surface area contributed by atoms with E-state index in [-0.39, 0.29) is 12.5 Å². The van der Waals surface area contributed by atoms with Crippen LogP contribution >= 0.6 is 0 Å². The summed E-state index contributed by atoms with van der Waals surface area (Å²) in [6.45, 7) is 0.518. The Labute approximate surface area is 139 Å². The van der Waals surface area contributed by atoms with Crippen molar-refractivity contribution in [2.24, 2.45) is 0 Å². The molecule has 1 aromatic carbocycles. The van der Waals surface area contributed by atoms with Gasteiger partial charge in [-0.15, -0.1) is 4.28 Å². The van der Waals surface area contributed by atoms with E-state index in [0.717, 1.165) is 5.56 Å². The Morgan fingerprint density at radius 3 is 2.67 bits per heavy atom. The molecule has 0 radical (unpaired) electrons. The van der Waals surface area contributed by atoms with E-state index in [2.05, 4.69) is 9.60 Å². The molecular weight excluding hydrogens is 338 g/mol. The highest BCUT2D eigenvalue weighted by atomic mass is 32.3. The third-order valence-corrected chi connectivity index (χ3v) is 4.46. The van der Waals surface area contributed by atoms with Crippen LogP contribution in [0.4, 0.5) is 4.79 Å². The normalized spacial score (nSPS) is 23.5. The van der Waals surface area contributed by atoms with Gasteiger partial charge in [0.1, 0.15) is 6.04 Å². The highest BCUT2D eigenvalue weighted by Crippen LogP contribution is 2.30. The molecule has 0 unspecified atom stereocenters. The minimum Gasteiger partial charge on any atom is -0.350 e. The van der Waals surface area contributed by atoms with Crippen molar-refractivity contribution in [2.45, 2.75) is 31.5 Å². The van der Waals surface area contributed by atoms with Crippen LogP contribution < -0.4 is 5.32 Å². The number of rotatable bonds is 5. The van der Waals surface area contributed by atoms with Crippen LogP contribution in [-0.2, 0) is 26.0 Å². The zero-order chi connectivity index (χ0) is 17.3. The van der Waals surface area contributed by atoms with Crippen molar-refractivity contribution >= 4 is 22.3 Å². The number of piperidine rings is 1. The Hall–Kier alpha value is -2.17. The lowest BCUT2D eigenvalue weighted by molar-refractivity contribution is -0.126. The average Bonchev–Trinajstić information content (AvgIpc) is 2.77. The highest BCUT2D eigenvalue weighted by molar-refractivity contribution is 7.80. The number of hydrogen-bond donors (Lipinski definition) is 2. The molecule has 2 aliphatic rings. The van der Waals surface area contributed by atoms with Gasteiger partial charge in [-0.3, -0.25) is 9.35 Å². The Bertz CT molecular complexity index is 738. The number of nitrogens with zero attached hydrogens (tertiary/aromatic N) is 2. The van der Waals surface area contributed by atoms with Gasteiger partial charge >= 0.3 is 16.4 Å². The predicted molar refractivity (Wildman–Crippen MR) is 81.7 cm³/mol. The van der Waals surface area contributed by atoms with E-state index in [1.54, 1.807) is 0 Å². The quantitative estimate of drug-likeness (QED) is 0.734. The van der Waals surface area contributed by atoms with Crippen LogP contribution in [0.5, 0.6) is 0 Å². The van der Waals surface area contributed by atoms with Gasteiger partial charge in [-0.05, 0) is 18.4 Å². The van der Waals surface area contributed by atoms with Crippen molar-refractivity contribution in [1.29, 1.82) is 0 Å². The molecule has 2 atom stereocenters. The van der Waals surface area contributed by atoms with Gasteiger partial charge < -0.3 is 10.2 Å². The number of urea groups is 1. The Balaban J connectivity index is 1.64. The molecule has 3 amide bonds. The van der Waals surface area contributed by atoms with E-state index in [0.29, 0.717) is 24.4 Å². The van der Waals surface area contributed by atoms with Crippen molar-refractivity contribution < 1.29 is 26.8 Å². The topological polar surface area (TPSA) is 116 Å². The Morgan fingerprint density at radius 2 is 2.00 bits per heavy atom. The molecule has 2 fully saturated rings. The van der Waals surface area contributed by atoms with Crippen LogP contribution in [0.1, 0.15) is 18.4 Å². The molecule has 24 heavy (non-hydrogen) atoms. The van der Waals surface area contributed by atoms with Crippen LogP contribution in [0.15, 0.2) is 30.3 Å². The van der Waals surface area contributed by atoms with Crippen LogP contribution in [0.2, 0.25) is 0 Å². The molecule has 2 heterocycles. The fraction of sp³-hybridized carbons (Fsp3) is 0.429. The van der Waals surface area contributed by atoms with Gasteiger partial charge in [-0.2, -0.15) is 13.5 Å². The van der Waals surface area contributed by atoms with E-state index in [1.807, 2.05) is 30.3 Å². The lowest BCUT2D eigenvalue weighted by Crippen LogP contribution is -2.49. The van der Waals surface area contributed by atoms with Gasteiger partial charge in [0.2, 0.25) is 5.91 Å². The fourth-order valence-electron chi connectivity index (χ4n) is 3.01. The first kappa shape index (κ1) is 16.7. The summed E-state index contributed by atoms with van der Waals surface area (Å²) in [7, 11) is -4.79. The minimum absolute atomic E-state index is 0.178. The third-order valence-electron chi connectivity index (χ3n) is 4.11. The summed E-state index contributed by atoms with van der Waals surface area (Å²) in [5.74, 6) is -0.306. The molecule has 3 rings (SSSR count). The first-order valence-electron chi connectivity index (χ1n) is 7.43. The molecule has 1 aromatic rings. The van der Waals surface area contributed by atoms with Crippen LogP contribution in [0.25, 0.3) is 0 Å². The van der Waals surface area contributed by atoms with E-state index in [9.17, 15) is 18.0 Å². The van der Waals surface area contributed by atoms with Crippen LogP contribution in [-0.4, -0.2) is 53.5 Å². The predicted octanol–water partition coefficient (Wildman–Crippen LogP) is 0.306. The van der Waals surface area contributed by atoms with Gasteiger partial charge in [0, 0.05) is 13.1 Å². The van der Waals surface area contributed by atoms with E-state index in [1.165, 1.54) is 4.90 Å². The molecule has 2 saturated heterocycles. The van der Waals surface area contributed by atoms with Crippen molar-refractivity contribution in [1.82, 2.24) is 15.3 Å². The molecule has 0 saturated carbocycles. The number of nitrogens with one attached hydrogen (secondary N) is 1. The molecule has 130 valence electrons. The average molecular weight is 355 g/mol. The summed E-state index contributed by atoms with van der Waals surface area (Å²) in [6.07, 6.45) is 0.795. The van der Waals surface area contributed by atoms with Gasteiger partial charge in [0.05, 0.1) is 6.04 Å². The number of carbonyl (C=O) groups is 2. The Kier molecular flexibility index (Phi) is 4.43. The molecule has 10 heteroatoms. The summed E-state index contributed by atoms with van der Waals surface area (Å²) in [5, 5.41) is 3.40. The van der Waals surface area contributed by atoms with Crippen molar-refractivity contribution in [3.63, 3.8) is 0 Å². The van der Waals surface area contributed by atoms with Gasteiger partial charge in [0.25, 0.3) is 0 Å². The highest BCUT2D eigenvalue weighted by Gasteiger charge is 2.49. The number of carbonyl (C=O) groups excluding carboxylic acids is 2. The molecule has 2 aliphatic heterocycles.